The van der Waals surface area contributed by atoms with Gasteiger partial charge in [-0.25, -0.2) is 4.79 Å². The van der Waals surface area contributed by atoms with E-state index in [1.54, 1.807) is 0 Å². The van der Waals surface area contributed by atoms with Crippen molar-refractivity contribution in [3.8, 4) is 0 Å². The molecule has 4 amide bonds. The van der Waals surface area contributed by atoms with Crippen molar-refractivity contribution in [2.45, 2.75) is 25.4 Å². The molecule has 3 N–H and O–H groups in total. The Kier molecular flexibility index (Phi) is 5.07. The number of fused-ring (bicyclic) bond motifs is 1. The van der Waals surface area contributed by atoms with Crippen LogP contribution in [0.2, 0.25) is 0 Å². The van der Waals surface area contributed by atoms with Crippen molar-refractivity contribution >= 4 is 28.7 Å². The number of aryl methyl sites for hydroxylation is 1. The molecule has 1 fully saturated rings. The zero-order valence-corrected chi connectivity index (χ0v) is 16.1. The lowest BCUT2D eigenvalue weighted by molar-refractivity contribution is -0.130. The number of hydrogen-bond acceptors (Lipinski definition) is 3. The minimum absolute atomic E-state index is 0.0709. The highest BCUT2D eigenvalue weighted by molar-refractivity contribution is 6.05. The molecule has 2 aromatic heterocycles. The van der Waals surface area contributed by atoms with E-state index in [9.17, 15) is 14.4 Å². The maximum Gasteiger partial charge on any atom is 0.324 e. The van der Waals surface area contributed by atoms with Crippen LogP contribution in [-0.4, -0.2) is 44.9 Å². The minimum atomic E-state index is -0.820. The number of benzene rings is 1. The average molecular weight is 393 g/mol. The molecule has 3 heterocycles. The number of H-pyrrole nitrogens is 1. The van der Waals surface area contributed by atoms with Crippen LogP contribution in [0.3, 0.4) is 0 Å². The van der Waals surface area contributed by atoms with Gasteiger partial charge >= 0.3 is 6.03 Å². The monoisotopic (exact) mass is 393 g/mol. The van der Waals surface area contributed by atoms with Gasteiger partial charge < -0.3 is 20.2 Å². The average Bonchev–Trinajstić information content (AvgIpc) is 3.38. The number of imide groups is 1. The number of nitrogens with one attached hydrogen (secondary N) is 3. The molecule has 0 saturated carbocycles. The van der Waals surface area contributed by atoms with E-state index in [4.69, 9.17) is 0 Å². The summed E-state index contributed by atoms with van der Waals surface area (Å²) in [5, 5.41) is 6.49. The molecule has 29 heavy (non-hydrogen) atoms. The Morgan fingerprint density at radius 2 is 2.00 bits per heavy atom. The molecule has 150 valence electrons. The van der Waals surface area contributed by atoms with Crippen LogP contribution in [0.15, 0.2) is 48.8 Å². The molecular formula is C21H23N5O3. The summed E-state index contributed by atoms with van der Waals surface area (Å²) >= 11 is 0. The van der Waals surface area contributed by atoms with Crippen molar-refractivity contribution in [1.29, 1.82) is 0 Å². The van der Waals surface area contributed by atoms with Crippen LogP contribution in [0.5, 0.6) is 0 Å². The van der Waals surface area contributed by atoms with Gasteiger partial charge in [0.1, 0.15) is 6.04 Å². The van der Waals surface area contributed by atoms with Crippen LogP contribution in [-0.2, 0) is 29.6 Å². The topological polar surface area (TPSA) is 99.2 Å². The number of aromatic amines is 1. The summed E-state index contributed by atoms with van der Waals surface area (Å²) in [5.74, 6) is -0.632. The van der Waals surface area contributed by atoms with E-state index < -0.39 is 12.1 Å². The molecule has 1 saturated heterocycles. The Labute approximate surface area is 167 Å². The Bertz CT molecular complexity index is 1070. The van der Waals surface area contributed by atoms with E-state index in [0.29, 0.717) is 13.0 Å². The Hall–Kier alpha value is -3.55. The summed E-state index contributed by atoms with van der Waals surface area (Å²) in [6.45, 7) is 0.648. The number of carbonyl (C=O) groups is 3. The van der Waals surface area contributed by atoms with Gasteiger partial charge in [0.2, 0.25) is 5.91 Å². The third-order valence-corrected chi connectivity index (χ3v) is 5.29. The first-order valence-corrected chi connectivity index (χ1v) is 9.56. The number of carbonyl (C=O) groups excluding carboxylic acids is 3. The molecule has 8 nitrogen and oxygen atoms in total. The molecule has 3 aromatic rings. The van der Waals surface area contributed by atoms with Crippen molar-refractivity contribution in [1.82, 2.24) is 25.1 Å². The SMILES string of the molecule is Cn1cccc1CNC(=O)C[C@H]1NC(=O)N(CCc2c[nH]c3ccccc23)C1=O. The maximum absolute atomic E-state index is 12.6. The highest BCUT2D eigenvalue weighted by Crippen LogP contribution is 2.19. The van der Waals surface area contributed by atoms with Crippen molar-refractivity contribution in [3.05, 3.63) is 60.0 Å². The summed E-state index contributed by atoms with van der Waals surface area (Å²) in [7, 11) is 1.90. The first kappa shape index (κ1) is 18.8. The molecule has 0 radical (unpaired) electrons. The quantitative estimate of drug-likeness (QED) is 0.533. The number of urea groups is 1. The second-order valence-corrected chi connectivity index (χ2v) is 7.19. The van der Waals surface area contributed by atoms with Crippen LogP contribution in [0, 0.1) is 0 Å². The van der Waals surface area contributed by atoms with Gasteiger partial charge in [0.15, 0.2) is 0 Å². The lowest BCUT2D eigenvalue weighted by Gasteiger charge is -2.13. The Balaban J connectivity index is 1.32. The summed E-state index contributed by atoms with van der Waals surface area (Å²) in [6, 6.07) is 10.4. The molecular weight excluding hydrogens is 370 g/mol. The van der Waals surface area contributed by atoms with E-state index in [0.717, 1.165) is 22.2 Å². The van der Waals surface area contributed by atoms with Crippen LogP contribution in [0.4, 0.5) is 4.79 Å². The number of para-hydroxylation sites is 1. The predicted molar refractivity (Wildman–Crippen MR) is 108 cm³/mol. The fourth-order valence-corrected chi connectivity index (χ4v) is 3.62. The van der Waals surface area contributed by atoms with Crippen molar-refractivity contribution in [2.24, 2.45) is 7.05 Å². The normalized spacial score (nSPS) is 16.4. The van der Waals surface area contributed by atoms with E-state index in [1.807, 2.05) is 60.4 Å². The number of nitrogens with zero attached hydrogens (tertiary/aromatic N) is 2. The highest BCUT2D eigenvalue weighted by Gasteiger charge is 2.38. The van der Waals surface area contributed by atoms with Crippen molar-refractivity contribution < 1.29 is 14.4 Å². The molecule has 0 unspecified atom stereocenters. The third-order valence-electron chi connectivity index (χ3n) is 5.29. The summed E-state index contributed by atoms with van der Waals surface area (Å²) < 4.78 is 1.91. The third kappa shape index (κ3) is 3.87. The second kappa shape index (κ2) is 7.83. The largest absolute Gasteiger partial charge is 0.361 e. The Morgan fingerprint density at radius 3 is 2.79 bits per heavy atom. The van der Waals surface area contributed by atoms with E-state index in [-0.39, 0.29) is 24.8 Å². The summed E-state index contributed by atoms with van der Waals surface area (Å²) in [4.78, 5) is 41.4. The summed E-state index contributed by atoms with van der Waals surface area (Å²) in [6.07, 6.45) is 4.28. The molecule has 4 rings (SSSR count). The molecule has 0 aliphatic carbocycles. The predicted octanol–water partition coefficient (Wildman–Crippen LogP) is 1.68. The standard InChI is InChI=1S/C21H23N5O3/c1-25-9-4-5-15(25)13-23-19(27)11-18-20(28)26(21(29)24-18)10-8-14-12-22-17-7-3-2-6-16(14)17/h2-7,9,12,18,22H,8,10-11,13H2,1H3,(H,23,27)(H,24,29)/t18-/m1/s1. The van der Waals surface area contributed by atoms with E-state index in [2.05, 4.69) is 15.6 Å². The summed E-state index contributed by atoms with van der Waals surface area (Å²) in [5.41, 5.74) is 3.03. The van der Waals surface area contributed by atoms with Gasteiger partial charge in [0.05, 0.1) is 13.0 Å². The van der Waals surface area contributed by atoms with Crippen molar-refractivity contribution in [3.63, 3.8) is 0 Å². The first-order valence-electron chi connectivity index (χ1n) is 9.56. The molecule has 1 atom stereocenters. The molecule has 1 aliphatic rings. The lowest BCUT2D eigenvalue weighted by atomic mass is 10.1. The number of hydrogen-bond donors (Lipinski definition) is 3. The first-order chi connectivity index (χ1) is 14.0. The lowest BCUT2D eigenvalue weighted by Crippen LogP contribution is -2.36. The number of amides is 4. The molecule has 1 aliphatic heterocycles. The van der Waals surface area contributed by atoms with Crippen LogP contribution < -0.4 is 10.6 Å². The second-order valence-electron chi connectivity index (χ2n) is 7.19. The van der Waals surface area contributed by atoms with Gasteiger partial charge in [-0.15, -0.1) is 0 Å². The van der Waals surface area contributed by atoms with Gasteiger partial charge in [-0.3, -0.25) is 14.5 Å². The zero-order chi connectivity index (χ0) is 20.4. The van der Waals surface area contributed by atoms with E-state index in [1.165, 1.54) is 4.90 Å². The van der Waals surface area contributed by atoms with Gasteiger partial charge in [-0.1, -0.05) is 18.2 Å². The van der Waals surface area contributed by atoms with Crippen LogP contribution >= 0.6 is 0 Å². The zero-order valence-electron chi connectivity index (χ0n) is 16.1. The fraction of sp³-hybridized carbons (Fsp3) is 0.286. The fourth-order valence-electron chi connectivity index (χ4n) is 3.62. The number of aromatic nitrogens is 2. The minimum Gasteiger partial charge on any atom is -0.361 e. The Morgan fingerprint density at radius 1 is 1.17 bits per heavy atom. The highest BCUT2D eigenvalue weighted by atomic mass is 16.2. The van der Waals surface area contributed by atoms with Crippen LogP contribution in [0.25, 0.3) is 10.9 Å². The van der Waals surface area contributed by atoms with Crippen LogP contribution in [0.1, 0.15) is 17.7 Å². The molecule has 0 bridgehead atoms. The van der Waals surface area contributed by atoms with E-state index >= 15 is 0 Å². The smallest absolute Gasteiger partial charge is 0.324 e. The van der Waals surface area contributed by atoms with Gasteiger partial charge in [0.25, 0.3) is 5.91 Å². The molecule has 1 aromatic carbocycles. The van der Waals surface area contributed by atoms with Gasteiger partial charge in [0, 0.05) is 42.6 Å². The molecule has 0 spiro atoms. The van der Waals surface area contributed by atoms with Gasteiger partial charge in [-0.05, 0) is 30.2 Å². The maximum atomic E-state index is 12.6. The molecule has 8 heteroatoms. The number of rotatable bonds is 7. The van der Waals surface area contributed by atoms with Gasteiger partial charge in [-0.2, -0.15) is 0 Å². The van der Waals surface area contributed by atoms with Crippen molar-refractivity contribution in [2.75, 3.05) is 6.54 Å².